The average Bonchev–Trinajstić information content (AvgIpc) is 2.73. The topological polar surface area (TPSA) is 51.2 Å². The summed E-state index contributed by atoms with van der Waals surface area (Å²) >= 11 is 1.48. The van der Waals surface area contributed by atoms with Crippen molar-refractivity contribution in [2.45, 2.75) is 19.8 Å². The van der Waals surface area contributed by atoms with Crippen molar-refractivity contribution in [3.63, 3.8) is 0 Å². The normalized spacial score (nSPS) is 23.4. The van der Waals surface area contributed by atoms with Crippen molar-refractivity contribution < 1.29 is 13.2 Å². The molecule has 0 saturated carbocycles. The Morgan fingerprint density at radius 1 is 1.50 bits per heavy atom. The Hall–Kier alpha value is -0.680. The van der Waals surface area contributed by atoms with Crippen molar-refractivity contribution in [2.75, 3.05) is 11.5 Å². The first kappa shape index (κ1) is 11.8. The van der Waals surface area contributed by atoms with Crippen LogP contribution in [0, 0.1) is 12.8 Å². The lowest BCUT2D eigenvalue weighted by atomic mass is 10.0. The molecule has 2 heterocycles. The van der Waals surface area contributed by atoms with Crippen LogP contribution in [0.15, 0.2) is 12.1 Å². The van der Waals surface area contributed by atoms with Crippen LogP contribution in [0.1, 0.15) is 27.4 Å². The Morgan fingerprint density at radius 3 is 2.75 bits per heavy atom. The monoisotopic (exact) mass is 258 g/mol. The van der Waals surface area contributed by atoms with Crippen LogP contribution in [-0.4, -0.2) is 25.7 Å². The quantitative estimate of drug-likeness (QED) is 0.780. The first-order chi connectivity index (χ1) is 7.46. The number of rotatable bonds is 3. The zero-order valence-electron chi connectivity index (χ0n) is 9.10. The molecule has 3 nitrogen and oxygen atoms in total. The molecule has 1 aromatic heterocycles. The summed E-state index contributed by atoms with van der Waals surface area (Å²) in [7, 11) is -2.87. The van der Waals surface area contributed by atoms with Crippen LogP contribution in [0.5, 0.6) is 0 Å². The van der Waals surface area contributed by atoms with E-state index in [4.69, 9.17) is 0 Å². The molecule has 1 atom stereocenters. The number of sulfone groups is 1. The molecule has 1 fully saturated rings. The number of thiophene rings is 1. The molecule has 0 bridgehead atoms. The van der Waals surface area contributed by atoms with Crippen LogP contribution in [0.25, 0.3) is 0 Å². The Bertz CT molecular complexity index is 499. The molecule has 5 heteroatoms. The average molecular weight is 258 g/mol. The Kier molecular flexibility index (Phi) is 3.17. The summed E-state index contributed by atoms with van der Waals surface area (Å²) in [5.41, 5.74) is 0. The summed E-state index contributed by atoms with van der Waals surface area (Å²) in [5, 5.41) is 0. The van der Waals surface area contributed by atoms with E-state index in [1.807, 2.05) is 19.1 Å². The van der Waals surface area contributed by atoms with Crippen LogP contribution >= 0.6 is 11.3 Å². The molecule has 0 aromatic carbocycles. The van der Waals surface area contributed by atoms with Crippen LogP contribution in [-0.2, 0) is 9.84 Å². The molecule has 2 rings (SSSR count). The zero-order chi connectivity index (χ0) is 11.8. The highest BCUT2D eigenvalue weighted by molar-refractivity contribution is 7.91. The minimum absolute atomic E-state index is 0.0277. The van der Waals surface area contributed by atoms with E-state index >= 15 is 0 Å². The highest BCUT2D eigenvalue weighted by Crippen LogP contribution is 2.25. The maximum atomic E-state index is 11.8. The van der Waals surface area contributed by atoms with Gasteiger partial charge in [-0.25, -0.2) is 8.42 Å². The van der Waals surface area contributed by atoms with Gasteiger partial charge < -0.3 is 0 Å². The third kappa shape index (κ3) is 2.71. The number of aryl methyl sites for hydroxylation is 1. The predicted molar refractivity (Wildman–Crippen MR) is 64.8 cm³/mol. The third-order valence-electron chi connectivity index (χ3n) is 2.82. The van der Waals surface area contributed by atoms with E-state index in [-0.39, 0.29) is 23.2 Å². The van der Waals surface area contributed by atoms with E-state index in [1.165, 1.54) is 11.3 Å². The molecule has 1 unspecified atom stereocenters. The number of carbonyl (C=O) groups is 1. The molecule has 0 N–H and O–H groups in total. The number of hydrogen-bond donors (Lipinski definition) is 0. The maximum absolute atomic E-state index is 11.8. The van der Waals surface area contributed by atoms with E-state index < -0.39 is 9.84 Å². The van der Waals surface area contributed by atoms with Gasteiger partial charge in [0, 0.05) is 11.3 Å². The molecular weight excluding hydrogens is 244 g/mol. The largest absolute Gasteiger partial charge is 0.293 e. The van der Waals surface area contributed by atoms with Crippen molar-refractivity contribution in [3.05, 3.63) is 21.9 Å². The van der Waals surface area contributed by atoms with Gasteiger partial charge in [-0.1, -0.05) is 0 Å². The second kappa shape index (κ2) is 4.30. The number of ketones is 1. The third-order valence-corrected chi connectivity index (χ3v) is 5.69. The summed E-state index contributed by atoms with van der Waals surface area (Å²) in [6, 6.07) is 3.75. The van der Waals surface area contributed by atoms with Crippen molar-refractivity contribution in [1.82, 2.24) is 0 Å². The lowest BCUT2D eigenvalue weighted by Gasteiger charge is -2.04. The Morgan fingerprint density at radius 2 is 2.25 bits per heavy atom. The minimum Gasteiger partial charge on any atom is -0.293 e. The SMILES string of the molecule is Cc1ccc(C(=O)CC2CCS(=O)(=O)C2)s1. The molecule has 0 radical (unpaired) electrons. The van der Waals surface area contributed by atoms with Crippen molar-refractivity contribution in [2.24, 2.45) is 5.92 Å². The van der Waals surface area contributed by atoms with Gasteiger partial charge in [0.2, 0.25) is 0 Å². The van der Waals surface area contributed by atoms with E-state index in [0.29, 0.717) is 12.8 Å². The molecule has 1 aromatic rings. The van der Waals surface area contributed by atoms with Gasteiger partial charge in [-0.05, 0) is 31.4 Å². The summed E-state index contributed by atoms with van der Waals surface area (Å²) in [4.78, 5) is 13.7. The van der Waals surface area contributed by atoms with E-state index in [2.05, 4.69) is 0 Å². The summed E-state index contributed by atoms with van der Waals surface area (Å²) in [6.07, 6.45) is 1.01. The first-order valence-corrected chi connectivity index (χ1v) is 7.90. The van der Waals surface area contributed by atoms with Crippen LogP contribution in [0.4, 0.5) is 0 Å². The Labute approximate surface area is 99.4 Å². The van der Waals surface area contributed by atoms with Gasteiger partial charge in [-0.2, -0.15) is 0 Å². The second-order valence-corrected chi connectivity index (χ2v) is 7.82. The van der Waals surface area contributed by atoms with Gasteiger partial charge >= 0.3 is 0 Å². The van der Waals surface area contributed by atoms with Gasteiger partial charge in [0.05, 0.1) is 16.4 Å². The molecule has 0 aliphatic carbocycles. The van der Waals surface area contributed by atoms with Crippen molar-refractivity contribution in [3.8, 4) is 0 Å². The van der Waals surface area contributed by atoms with Crippen LogP contribution < -0.4 is 0 Å². The molecule has 1 aliphatic heterocycles. The van der Waals surface area contributed by atoms with Gasteiger partial charge in [0.1, 0.15) is 0 Å². The highest BCUT2D eigenvalue weighted by Gasteiger charge is 2.29. The highest BCUT2D eigenvalue weighted by atomic mass is 32.2. The molecular formula is C11H14O3S2. The second-order valence-electron chi connectivity index (χ2n) is 4.31. The van der Waals surface area contributed by atoms with Gasteiger partial charge in [0.15, 0.2) is 15.6 Å². The molecule has 1 aliphatic rings. The predicted octanol–water partition coefficient (Wildman–Crippen LogP) is 2.06. The molecule has 88 valence electrons. The zero-order valence-corrected chi connectivity index (χ0v) is 10.7. The fourth-order valence-corrected chi connectivity index (χ4v) is 4.66. The van der Waals surface area contributed by atoms with E-state index in [1.54, 1.807) is 0 Å². The molecule has 0 spiro atoms. The van der Waals surface area contributed by atoms with Crippen LogP contribution in [0.2, 0.25) is 0 Å². The smallest absolute Gasteiger partial charge is 0.173 e. The Balaban J connectivity index is 1.99. The maximum Gasteiger partial charge on any atom is 0.173 e. The van der Waals surface area contributed by atoms with Crippen molar-refractivity contribution in [1.29, 1.82) is 0 Å². The fourth-order valence-electron chi connectivity index (χ4n) is 1.98. The van der Waals surface area contributed by atoms with Gasteiger partial charge in [-0.3, -0.25) is 4.79 Å². The lowest BCUT2D eigenvalue weighted by molar-refractivity contribution is 0.0969. The minimum atomic E-state index is -2.87. The lowest BCUT2D eigenvalue weighted by Crippen LogP contribution is -2.09. The van der Waals surface area contributed by atoms with Crippen LogP contribution in [0.3, 0.4) is 0 Å². The molecule has 0 amide bonds. The number of Topliss-reactive ketones (excluding diaryl/α,β-unsaturated/α-hetero) is 1. The standard InChI is InChI=1S/C11H14O3S2/c1-8-2-3-11(15-8)10(12)6-9-4-5-16(13,14)7-9/h2-3,9H,4-7H2,1H3. The molecule has 1 saturated heterocycles. The van der Waals surface area contributed by atoms with E-state index in [9.17, 15) is 13.2 Å². The fraction of sp³-hybridized carbons (Fsp3) is 0.545. The number of hydrogen-bond acceptors (Lipinski definition) is 4. The van der Waals surface area contributed by atoms with Gasteiger partial charge in [-0.15, -0.1) is 11.3 Å². The first-order valence-electron chi connectivity index (χ1n) is 5.26. The summed E-state index contributed by atoms with van der Waals surface area (Å²) in [6.45, 7) is 1.96. The summed E-state index contributed by atoms with van der Waals surface area (Å²) in [5.74, 6) is 0.539. The van der Waals surface area contributed by atoms with Gasteiger partial charge in [0.25, 0.3) is 0 Å². The summed E-state index contributed by atoms with van der Waals surface area (Å²) < 4.78 is 22.5. The van der Waals surface area contributed by atoms with Crippen molar-refractivity contribution >= 4 is 27.0 Å². The van der Waals surface area contributed by atoms with E-state index in [0.717, 1.165) is 9.75 Å². The number of carbonyl (C=O) groups excluding carboxylic acids is 1. The molecule has 16 heavy (non-hydrogen) atoms.